The molecule has 2 aromatic rings. The Bertz CT molecular complexity index is 795. The number of fused-ring (bicyclic) bond motifs is 1. The summed E-state index contributed by atoms with van der Waals surface area (Å²) in [4.78, 5) is 26.4. The molecule has 0 saturated carbocycles. The zero-order chi connectivity index (χ0) is 18.5. The number of rotatable bonds is 6. The van der Waals surface area contributed by atoms with Gasteiger partial charge in [-0.3, -0.25) is 4.79 Å². The minimum atomic E-state index is -0.337. The smallest absolute Gasteiger partial charge is 0.341 e. The number of nitrogens with one attached hydrogen (secondary N) is 1. The van der Waals surface area contributed by atoms with Gasteiger partial charge in [-0.25, -0.2) is 4.79 Å². The first-order valence-corrected chi connectivity index (χ1v) is 9.72. The van der Waals surface area contributed by atoms with Crippen LogP contribution in [0, 0.1) is 0 Å². The van der Waals surface area contributed by atoms with E-state index in [1.54, 1.807) is 31.4 Å². The fourth-order valence-electron chi connectivity index (χ4n) is 3.05. The zero-order valence-electron chi connectivity index (χ0n) is 15.1. The predicted octanol–water partition coefficient (Wildman–Crippen LogP) is 4.45. The second-order valence-corrected chi connectivity index (χ2v) is 7.34. The molecule has 0 fully saturated rings. The summed E-state index contributed by atoms with van der Waals surface area (Å²) in [6, 6.07) is 6.89. The van der Waals surface area contributed by atoms with Gasteiger partial charge in [0.15, 0.2) is 0 Å². The monoisotopic (exact) mass is 373 g/mol. The molecule has 0 unspecified atom stereocenters. The predicted molar refractivity (Wildman–Crippen MR) is 102 cm³/mol. The average Bonchev–Trinajstić information content (AvgIpc) is 3.04. The summed E-state index contributed by atoms with van der Waals surface area (Å²) in [5, 5.41) is 3.51. The second-order valence-electron chi connectivity index (χ2n) is 6.23. The molecule has 1 N–H and O–H groups in total. The Kier molecular flexibility index (Phi) is 5.93. The summed E-state index contributed by atoms with van der Waals surface area (Å²) < 4.78 is 10.5. The lowest BCUT2D eigenvalue weighted by Crippen LogP contribution is -2.16. The molecule has 0 aliphatic heterocycles. The van der Waals surface area contributed by atoms with Gasteiger partial charge in [0, 0.05) is 10.4 Å². The third kappa shape index (κ3) is 3.90. The van der Waals surface area contributed by atoms with Crippen molar-refractivity contribution in [3.63, 3.8) is 0 Å². The maximum atomic E-state index is 12.6. The van der Waals surface area contributed by atoms with E-state index in [9.17, 15) is 9.59 Å². The molecule has 0 radical (unpaired) electrons. The highest BCUT2D eigenvalue weighted by molar-refractivity contribution is 7.17. The third-order valence-corrected chi connectivity index (χ3v) is 5.60. The van der Waals surface area contributed by atoms with Crippen LogP contribution in [0.5, 0.6) is 5.75 Å². The number of aryl methyl sites for hydroxylation is 1. The Hall–Kier alpha value is -2.34. The molecule has 1 aliphatic carbocycles. The average molecular weight is 373 g/mol. The van der Waals surface area contributed by atoms with Crippen LogP contribution in [0.3, 0.4) is 0 Å². The van der Waals surface area contributed by atoms with Crippen molar-refractivity contribution in [3.8, 4) is 5.75 Å². The summed E-state index contributed by atoms with van der Waals surface area (Å²) in [5.41, 5.74) is 2.11. The molecule has 138 valence electrons. The van der Waals surface area contributed by atoms with Crippen molar-refractivity contribution in [1.29, 1.82) is 0 Å². The molecule has 1 aromatic heterocycles. The number of amides is 1. The highest BCUT2D eigenvalue weighted by atomic mass is 32.1. The topological polar surface area (TPSA) is 64.6 Å². The highest BCUT2D eigenvalue weighted by Gasteiger charge is 2.27. The van der Waals surface area contributed by atoms with E-state index in [0.29, 0.717) is 28.5 Å². The van der Waals surface area contributed by atoms with E-state index in [1.165, 1.54) is 16.2 Å². The van der Waals surface area contributed by atoms with Crippen LogP contribution in [0.1, 0.15) is 57.3 Å². The van der Waals surface area contributed by atoms with E-state index in [0.717, 1.165) is 37.7 Å². The zero-order valence-corrected chi connectivity index (χ0v) is 15.9. The number of hydrogen-bond donors (Lipinski definition) is 1. The van der Waals surface area contributed by atoms with Crippen molar-refractivity contribution in [2.45, 2.75) is 39.0 Å². The number of carbonyl (C=O) groups excluding carboxylic acids is 2. The number of esters is 1. The number of thiophene rings is 1. The molecule has 0 saturated heterocycles. The van der Waals surface area contributed by atoms with E-state index < -0.39 is 0 Å². The first-order valence-electron chi connectivity index (χ1n) is 8.91. The number of hydrogen-bond acceptors (Lipinski definition) is 5. The minimum absolute atomic E-state index is 0.240. The normalized spacial score (nSPS) is 13.0. The second kappa shape index (κ2) is 8.36. The van der Waals surface area contributed by atoms with Crippen LogP contribution in [0.4, 0.5) is 5.00 Å². The summed E-state index contributed by atoms with van der Waals surface area (Å²) in [6.45, 7) is 2.35. The van der Waals surface area contributed by atoms with Crippen molar-refractivity contribution in [2.75, 3.05) is 19.0 Å². The molecular weight excluding hydrogens is 350 g/mol. The van der Waals surface area contributed by atoms with Gasteiger partial charge >= 0.3 is 5.97 Å². The first kappa shape index (κ1) is 18.5. The largest absolute Gasteiger partial charge is 0.497 e. The van der Waals surface area contributed by atoms with Gasteiger partial charge in [0.25, 0.3) is 5.91 Å². The number of anilines is 1. The van der Waals surface area contributed by atoms with Crippen LogP contribution in [-0.2, 0) is 17.6 Å². The molecule has 5 nitrogen and oxygen atoms in total. The quantitative estimate of drug-likeness (QED) is 0.760. The lowest BCUT2D eigenvalue weighted by atomic mass is 9.95. The molecule has 1 amide bonds. The lowest BCUT2D eigenvalue weighted by Gasteiger charge is -2.12. The molecule has 0 atom stereocenters. The third-order valence-electron chi connectivity index (χ3n) is 4.39. The van der Waals surface area contributed by atoms with E-state index in [-0.39, 0.29) is 11.9 Å². The lowest BCUT2D eigenvalue weighted by molar-refractivity contribution is 0.0505. The Morgan fingerprint density at radius 2 is 1.88 bits per heavy atom. The first-order chi connectivity index (χ1) is 12.6. The number of methoxy groups -OCH3 is 1. The van der Waals surface area contributed by atoms with Crippen LogP contribution in [-0.4, -0.2) is 25.6 Å². The van der Waals surface area contributed by atoms with Crippen molar-refractivity contribution < 1.29 is 19.1 Å². The summed E-state index contributed by atoms with van der Waals surface area (Å²) in [7, 11) is 1.58. The highest BCUT2D eigenvalue weighted by Crippen LogP contribution is 2.38. The summed E-state index contributed by atoms with van der Waals surface area (Å²) >= 11 is 1.50. The van der Waals surface area contributed by atoms with Crippen LogP contribution in [0.2, 0.25) is 0 Å². The Balaban J connectivity index is 1.87. The van der Waals surface area contributed by atoms with Gasteiger partial charge in [-0.15, -0.1) is 11.3 Å². The SMILES string of the molecule is CCCOC(=O)c1c(NC(=O)c2ccc(OC)cc2)sc2c1CCCC2. The molecular formula is C20H23NO4S. The Labute approximate surface area is 157 Å². The molecule has 26 heavy (non-hydrogen) atoms. The molecule has 3 rings (SSSR count). The van der Waals surface area contributed by atoms with E-state index in [4.69, 9.17) is 9.47 Å². The number of ether oxygens (including phenoxy) is 2. The molecule has 0 bridgehead atoms. The fourth-order valence-corrected chi connectivity index (χ4v) is 4.33. The summed E-state index contributed by atoms with van der Waals surface area (Å²) in [6.07, 6.45) is 4.76. The van der Waals surface area contributed by atoms with Crippen LogP contribution in [0.25, 0.3) is 0 Å². The van der Waals surface area contributed by atoms with E-state index in [1.807, 2.05) is 6.92 Å². The minimum Gasteiger partial charge on any atom is -0.497 e. The van der Waals surface area contributed by atoms with Gasteiger partial charge in [0.05, 0.1) is 19.3 Å². The molecule has 1 aromatic carbocycles. The Morgan fingerprint density at radius 3 is 2.58 bits per heavy atom. The van der Waals surface area contributed by atoms with Gasteiger partial charge in [-0.05, 0) is 61.9 Å². The van der Waals surface area contributed by atoms with E-state index in [2.05, 4.69) is 5.32 Å². The molecule has 1 heterocycles. The van der Waals surface area contributed by atoms with Crippen molar-refractivity contribution in [3.05, 3.63) is 45.8 Å². The Morgan fingerprint density at radius 1 is 1.15 bits per heavy atom. The standard InChI is InChI=1S/C20H23NO4S/c1-3-12-25-20(23)17-15-6-4-5-7-16(15)26-19(17)21-18(22)13-8-10-14(24-2)11-9-13/h8-11H,3-7,12H2,1-2H3,(H,21,22). The van der Waals surface area contributed by atoms with Crippen molar-refractivity contribution in [2.24, 2.45) is 0 Å². The summed E-state index contributed by atoms with van der Waals surface area (Å²) in [5.74, 6) is 0.115. The maximum absolute atomic E-state index is 12.6. The number of benzene rings is 1. The molecule has 1 aliphatic rings. The van der Waals surface area contributed by atoms with Gasteiger partial charge < -0.3 is 14.8 Å². The van der Waals surface area contributed by atoms with Crippen LogP contribution >= 0.6 is 11.3 Å². The van der Waals surface area contributed by atoms with Crippen molar-refractivity contribution >= 4 is 28.2 Å². The van der Waals surface area contributed by atoms with Gasteiger partial charge in [-0.2, -0.15) is 0 Å². The van der Waals surface area contributed by atoms with Crippen LogP contribution in [0.15, 0.2) is 24.3 Å². The van der Waals surface area contributed by atoms with Crippen molar-refractivity contribution in [1.82, 2.24) is 0 Å². The van der Waals surface area contributed by atoms with Gasteiger partial charge in [-0.1, -0.05) is 6.92 Å². The molecule has 6 heteroatoms. The van der Waals surface area contributed by atoms with Gasteiger partial charge in [0.2, 0.25) is 0 Å². The van der Waals surface area contributed by atoms with E-state index >= 15 is 0 Å². The van der Waals surface area contributed by atoms with Gasteiger partial charge in [0.1, 0.15) is 10.8 Å². The number of carbonyl (C=O) groups is 2. The fraction of sp³-hybridized carbons (Fsp3) is 0.400. The van der Waals surface area contributed by atoms with Crippen LogP contribution < -0.4 is 10.1 Å². The maximum Gasteiger partial charge on any atom is 0.341 e. The molecule has 0 spiro atoms.